The summed E-state index contributed by atoms with van der Waals surface area (Å²) in [4.78, 5) is 9.93. The normalized spacial score (nSPS) is 12.1. The van der Waals surface area contributed by atoms with Crippen molar-refractivity contribution in [2.24, 2.45) is 5.73 Å². The zero-order valence-corrected chi connectivity index (χ0v) is 8.00. The molecule has 0 aliphatic rings. The standard InChI is InChI=1S/C9H12N2O4/c10-9(12)4-5-15-8-3-1-2-7(6-8)11(13)14/h1-3,6,9,12H,4-5,10H2. The number of hydrogen-bond acceptors (Lipinski definition) is 5. The van der Waals surface area contributed by atoms with Crippen LogP contribution in [-0.4, -0.2) is 22.9 Å². The molecule has 1 aromatic rings. The van der Waals surface area contributed by atoms with Crippen LogP contribution in [0.4, 0.5) is 5.69 Å². The molecule has 15 heavy (non-hydrogen) atoms. The van der Waals surface area contributed by atoms with E-state index < -0.39 is 11.2 Å². The van der Waals surface area contributed by atoms with Gasteiger partial charge in [0.15, 0.2) is 0 Å². The Morgan fingerprint density at radius 3 is 2.93 bits per heavy atom. The van der Waals surface area contributed by atoms with Gasteiger partial charge in [0.1, 0.15) is 12.0 Å². The number of nitro groups is 1. The summed E-state index contributed by atoms with van der Waals surface area (Å²) in [5.41, 5.74) is 5.07. The maximum atomic E-state index is 10.4. The number of hydrogen-bond donors (Lipinski definition) is 2. The number of ether oxygens (including phenoxy) is 1. The number of aliphatic hydroxyl groups excluding tert-OH is 1. The number of non-ortho nitro benzene ring substituents is 1. The molecule has 6 heteroatoms. The summed E-state index contributed by atoms with van der Waals surface area (Å²) in [5.74, 6) is 0.393. The molecule has 0 saturated heterocycles. The number of aliphatic hydroxyl groups is 1. The van der Waals surface area contributed by atoms with E-state index in [1.165, 1.54) is 18.2 Å². The van der Waals surface area contributed by atoms with Crippen LogP contribution in [0.5, 0.6) is 5.75 Å². The predicted octanol–water partition coefficient (Wildman–Crippen LogP) is 0.641. The van der Waals surface area contributed by atoms with E-state index in [1.54, 1.807) is 6.07 Å². The number of rotatable bonds is 5. The average molecular weight is 212 g/mol. The van der Waals surface area contributed by atoms with Gasteiger partial charge in [-0.1, -0.05) is 6.07 Å². The van der Waals surface area contributed by atoms with Gasteiger partial charge in [-0.3, -0.25) is 10.1 Å². The van der Waals surface area contributed by atoms with Gasteiger partial charge in [0.2, 0.25) is 0 Å². The minimum absolute atomic E-state index is 0.0270. The first-order valence-electron chi connectivity index (χ1n) is 4.40. The zero-order valence-electron chi connectivity index (χ0n) is 8.00. The highest BCUT2D eigenvalue weighted by Crippen LogP contribution is 2.19. The van der Waals surface area contributed by atoms with Crippen molar-refractivity contribution >= 4 is 5.69 Å². The summed E-state index contributed by atoms with van der Waals surface area (Å²) in [6, 6.07) is 5.84. The Hall–Kier alpha value is -1.66. The van der Waals surface area contributed by atoms with Crippen LogP contribution in [0.2, 0.25) is 0 Å². The molecule has 0 amide bonds. The number of nitro benzene ring substituents is 1. The summed E-state index contributed by atoms with van der Waals surface area (Å²) < 4.78 is 5.16. The van der Waals surface area contributed by atoms with Gasteiger partial charge >= 0.3 is 0 Å². The lowest BCUT2D eigenvalue weighted by molar-refractivity contribution is -0.384. The number of nitrogens with zero attached hydrogens (tertiary/aromatic N) is 1. The molecule has 6 nitrogen and oxygen atoms in total. The third kappa shape index (κ3) is 3.92. The Morgan fingerprint density at radius 1 is 1.60 bits per heavy atom. The van der Waals surface area contributed by atoms with Crippen molar-refractivity contribution in [2.45, 2.75) is 12.6 Å². The van der Waals surface area contributed by atoms with Crippen LogP contribution in [0.3, 0.4) is 0 Å². The molecule has 1 atom stereocenters. The van der Waals surface area contributed by atoms with Gasteiger partial charge in [0.05, 0.1) is 17.6 Å². The predicted molar refractivity (Wildman–Crippen MR) is 53.4 cm³/mol. The summed E-state index contributed by atoms with van der Waals surface area (Å²) in [6.07, 6.45) is -0.647. The maximum Gasteiger partial charge on any atom is 0.273 e. The highest BCUT2D eigenvalue weighted by molar-refractivity contribution is 5.37. The van der Waals surface area contributed by atoms with Crippen LogP contribution >= 0.6 is 0 Å². The fraction of sp³-hybridized carbons (Fsp3) is 0.333. The molecule has 0 bridgehead atoms. The van der Waals surface area contributed by atoms with E-state index in [-0.39, 0.29) is 18.7 Å². The summed E-state index contributed by atoms with van der Waals surface area (Å²) >= 11 is 0. The average Bonchev–Trinajstić information content (AvgIpc) is 2.17. The van der Waals surface area contributed by atoms with Crippen molar-refractivity contribution in [3.8, 4) is 5.75 Å². The fourth-order valence-corrected chi connectivity index (χ4v) is 0.984. The minimum atomic E-state index is -0.927. The lowest BCUT2D eigenvalue weighted by Gasteiger charge is -2.06. The zero-order chi connectivity index (χ0) is 11.3. The summed E-state index contributed by atoms with van der Waals surface area (Å²) in [5, 5.41) is 19.2. The van der Waals surface area contributed by atoms with Crippen LogP contribution in [0, 0.1) is 10.1 Å². The van der Waals surface area contributed by atoms with Crippen molar-refractivity contribution in [1.82, 2.24) is 0 Å². The lowest BCUT2D eigenvalue weighted by Crippen LogP contribution is -2.21. The van der Waals surface area contributed by atoms with E-state index in [4.69, 9.17) is 15.6 Å². The highest BCUT2D eigenvalue weighted by atomic mass is 16.6. The van der Waals surface area contributed by atoms with Crippen LogP contribution < -0.4 is 10.5 Å². The second-order valence-electron chi connectivity index (χ2n) is 2.96. The van der Waals surface area contributed by atoms with E-state index >= 15 is 0 Å². The maximum absolute atomic E-state index is 10.4. The van der Waals surface area contributed by atoms with Gasteiger partial charge in [0.25, 0.3) is 5.69 Å². The molecule has 0 saturated carbocycles. The Bertz CT molecular complexity index is 341. The minimum Gasteiger partial charge on any atom is -0.493 e. The van der Waals surface area contributed by atoms with Crippen molar-refractivity contribution < 1.29 is 14.8 Å². The smallest absolute Gasteiger partial charge is 0.273 e. The molecule has 3 N–H and O–H groups in total. The Kier molecular flexibility index (Phi) is 4.02. The van der Waals surface area contributed by atoms with Gasteiger partial charge in [-0.15, -0.1) is 0 Å². The van der Waals surface area contributed by atoms with E-state index in [0.717, 1.165) is 0 Å². The molecule has 0 spiro atoms. The van der Waals surface area contributed by atoms with Crippen molar-refractivity contribution in [3.63, 3.8) is 0 Å². The molecular formula is C9H12N2O4. The largest absolute Gasteiger partial charge is 0.493 e. The van der Waals surface area contributed by atoms with E-state index in [0.29, 0.717) is 5.75 Å². The molecule has 82 valence electrons. The van der Waals surface area contributed by atoms with Gasteiger partial charge in [0, 0.05) is 12.5 Å². The molecule has 0 radical (unpaired) electrons. The van der Waals surface area contributed by atoms with Gasteiger partial charge in [-0.25, -0.2) is 0 Å². The molecule has 0 aliphatic heterocycles. The Labute approximate surface area is 86.4 Å². The third-order valence-electron chi connectivity index (χ3n) is 1.71. The van der Waals surface area contributed by atoms with Gasteiger partial charge in [-0.2, -0.15) is 0 Å². The monoisotopic (exact) mass is 212 g/mol. The molecule has 1 unspecified atom stereocenters. The Balaban J connectivity index is 2.54. The first-order chi connectivity index (χ1) is 7.09. The molecule has 1 rings (SSSR count). The number of nitrogens with two attached hydrogens (primary N) is 1. The van der Waals surface area contributed by atoms with E-state index in [2.05, 4.69) is 0 Å². The van der Waals surface area contributed by atoms with Gasteiger partial charge < -0.3 is 15.6 Å². The third-order valence-corrected chi connectivity index (χ3v) is 1.71. The SMILES string of the molecule is NC(O)CCOc1cccc([N+](=O)[O-])c1. The topological polar surface area (TPSA) is 98.6 Å². The van der Waals surface area contributed by atoms with Crippen molar-refractivity contribution in [1.29, 1.82) is 0 Å². The molecular weight excluding hydrogens is 200 g/mol. The number of benzene rings is 1. The van der Waals surface area contributed by atoms with Crippen molar-refractivity contribution in [2.75, 3.05) is 6.61 Å². The molecule has 0 fully saturated rings. The summed E-state index contributed by atoms with van der Waals surface area (Å²) in [6.45, 7) is 0.221. The van der Waals surface area contributed by atoms with E-state index in [9.17, 15) is 10.1 Å². The quantitative estimate of drug-likeness (QED) is 0.424. The Morgan fingerprint density at radius 2 is 2.33 bits per heavy atom. The first-order valence-corrected chi connectivity index (χ1v) is 4.40. The van der Waals surface area contributed by atoms with Crippen LogP contribution in [-0.2, 0) is 0 Å². The first kappa shape index (κ1) is 11.4. The van der Waals surface area contributed by atoms with Crippen LogP contribution in [0.1, 0.15) is 6.42 Å². The summed E-state index contributed by atoms with van der Waals surface area (Å²) in [7, 11) is 0. The van der Waals surface area contributed by atoms with E-state index in [1.807, 2.05) is 0 Å². The van der Waals surface area contributed by atoms with Crippen molar-refractivity contribution in [3.05, 3.63) is 34.4 Å². The molecule has 1 aromatic carbocycles. The van der Waals surface area contributed by atoms with Crippen LogP contribution in [0.15, 0.2) is 24.3 Å². The molecule has 0 aliphatic carbocycles. The second-order valence-corrected chi connectivity index (χ2v) is 2.96. The molecule has 0 aromatic heterocycles. The van der Waals surface area contributed by atoms with Crippen LogP contribution in [0.25, 0.3) is 0 Å². The fourth-order valence-electron chi connectivity index (χ4n) is 0.984. The highest BCUT2D eigenvalue weighted by Gasteiger charge is 2.06. The molecule has 0 heterocycles. The lowest BCUT2D eigenvalue weighted by atomic mass is 10.3. The second kappa shape index (κ2) is 5.28. The van der Waals surface area contributed by atoms with Gasteiger partial charge in [-0.05, 0) is 6.07 Å².